The van der Waals surface area contributed by atoms with Gasteiger partial charge in [-0.1, -0.05) is 13.8 Å². The molecule has 0 aromatic carbocycles. The third-order valence-corrected chi connectivity index (χ3v) is 4.04. The van der Waals surface area contributed by atoms with Crippen molar-refractivity contribution in [2.24, 2.45) is 5.92 Å². The van der Waals surface area contributed by atoms with Crippen LogP contribution in [0.4, 0.5) is 5.69 Å². The lowest BCUT2D eigenvalue weighted by Gasteiger charge is -2.27. The number of nitrogens with one attached hydrogen (secondary N) is 1. The van der Waals surface area contributed by atoms with Crippen LogP contribution in [0.5, 0.6) is 0 Å². The SMILES string of the molecule is CC(C)C(C)(C#N)NC(=O)CSc1ccncc1N. The molecule has 1 aromatic heterocycles. The molecule has 0 radical (unpaired) electrons. The molecule has 1 aromatic rings. The Hall–Kier alpha value is -1.74. The van der Waals surface area contributed by atoms with Crippen molar-refractivity contribution in [3.63, 3.8) is 0 Å². The van der Waals surface area contributed by atoms with Gasteiger partial charge in [-0.25, -0.2) is 0 Å². The van der Waals surface area contributed by atoms with Gasteiger partial charge in [0.1, 0.15) is 5.54 Å². The number of aromatic nitrogens is 1. The summed E-state index contributed by atoms with van der Waals surface area (Å²) in [7, 11) is 0. The fourth-order valence-electron chi connectivity index (χ4n) is 1.30. The Bertz CT molecular complexity index is 498. The van der Waals surface area contributed by atoms with E-state index in [1.54, 1.807) is 25.4 Å². The highest BCUT2D eigenvalue weighted by Crippen LogP contribution is 2.23. The first kappa shape index (κ1) is 15.3. The molecule has 102 valence electrons. The molecule has 0 fully saturated rings. The zero-order chi connectivity index (χ0) is 14.5. The maximum Gasteiger partial charge on any atom is 0.231 e. The molecule has 1 unspecified atom stereocenters. The third kappa shape index (κ3) is 4.14. The second-order valence-corrected chi connectivity index (χ2v) is 5.74. The summed E-state index contributed by atoms with van der Waals surface area (Å²) >= 11 is 1.33. The minimum Gasteiger partial charge on any atom is -0.397 e. The van der Waals surface area contributed by atoms with Crippen LogP contribution in [0, 0.1) is 17.2 Å². The average molecular weight is 278 g/mol. The van der Waals surface area contributed by atoms with Gasteiger partial charge in [-0.05, 0) is 18.9 Å². The van der Waals surface area contributed by atoms with Crippen LogP contribution in [0.25, 0.3) is 0 Å². The van der Waals surface area contributed by atoms with Crippen molar-refractivity contribution in [2.75, 3.05) is 11.5 Å². The molecular formula is C13H18N4OS. The van der Waals surface area contributed by atoms with Crippen LogP contribution in [-0.2, 0) is 4.79 Å². The van der Waals surface area contributed by atoms with Gasteiger partial charge in [0.2, 0.25) is 5.91 Å². The summed E-state index contributed by atoms with van der Waals surface area (Å²) in [6.07, 6.45) is 3.18. The van der Waals surface area contributed by atoms with Crippen molar-refractivity contribution in [2.45, 2.75) is 31.2 Å². The summed E-state index contributed by atoms with van der Waals surface area (Å²) in [5.74, 6) is 0.0782. The Morgan fingerprint density at radius 3 is 2.89 bits per heavy atom. The lowest BCUT2D eigenvalue weighted by atomic mass is 9.90. The quantitative estimate of drug-likeness (QED) is 0.801. The molecule has 0 saturated carbocycles. The lowest BCUT2D eigenvalue weighted by molar-refractivity contribution is -0.120. The van der Waals surface area contributed by atoms with Crippen LogP contribution in [0.2, 0.25) is 0 Å². The fraction of sp³-hybridized carbons (Fsp3) is 0.462. The number of amides is 1. The molecule has 1 heterocycles. The molecule has 0 aliphatic rings. The van der Waals surface area contributed by atoms with E-state index in [-0.39, 0.29) is 17.6 Å². The summed E-state index contributed by atoms with van der Waals surface area (Å²) in [5, 5.41) is 11.9. The molecule has 0 aliphatic carbocycles. The number of rotatable bonds is 5. The molecule has 0 aliphatic heterocycles. The number of nitrogens with two attached hydrogens (primary N) is 1. The molecule has 1 atom stereocenters. The van der Waals surface area contributed by atoms with Gasteiger partial charge in [-0.3, -0.25) is 9.78 Å². The number of nitriles is 1. The Morgan fingerprint density at radius 2 is 2.37 bits per heavy atom. The highest BCUT2D eigenvalue weighted by molar-refractivity contribution is 8.00. The predicted octanol–water partition coefficient (Wildman–Crippen LogP) is 1.81. The maximum atomic E-state index is 11.9. The molecule has 0 bridgehead atoms. The summed E-state index contributed by atoms with van der Waals surface area (Å²) in [6, 6.07) is 3.91. The van der Waals surface area contributed by atoms with Crippen molar-refractivity contribution in [3.8, 4) is 6.07 Å². The normalized spacial score (nSPS) is 13.6. The minimum atomic E-state index is -0.846. The molecule has 19 heavy (non-hydrogen) atoms. The van der Waals surface area contributed by atoms with Crippen LogP contribution >= 0.6 is 11.8 Å². The number of hydrogen-bond donors (Lipinski definition) is 2. The van der Waals surface area contributed by atoms with Crippen LogP contribution in [-0.4, -0.2) is 22.2 Å². The van der Waals surface area contributed by atoms with E-state index in [4.69, 9.17) is 11.0 Å². The smallest absolute Gasteiger partial charge is 0.231 e. The zero-order valence-corrected chi connectivity index (χ0v) is 12.1. The molecule has 6 heteroatoms. The van der Waals surface area contributed by atoms with Crippen LogP contribution in [0.15, 0.2) is 23.4 Å². The van der Waals surface area contributed by atoms with Crippen molar-refractivity contribution < 1.29 is 4.79 Å². The van der Waals surface area contributed by atoms with Gasteiger partial charge < -0.3 is 11.1 Å². The number of nitrogens with zero attached hydrogens (tertiary/aromatic N) is 2. The van der Waals surface area contributed by atoms with Crippen molar-refractivity contribution in [1.82, 2.24) is 10.3 Å². The Labute approximate surface area is 117 Å². The lowest BCUT2D eigenvalue weighted by Crippen LogP contribution is -2.49. The molecule has 5 nitrogen and oxygen atoms in total. The first-order chi connectivity index (χ1) is 8.89. The number of carbonyl (C=O) groups excluding carboxylic acids is 1. The summed E-state index contributed by atoms with van der Waals surface area (Å²) in [5.41, 5.74) is 5.44. The van der Waals surface area contributed by atoms with Crippen LogP contribution < -0.4 is 11.1 Å². The van der Waals surface area contributed by atoms with Crippen molar-refractivity contribution in [3.05, 3.63) is 18.5 Å². The first-order valence-corrected chi connectivity index (χ1v) is 6.92. The number of carbonyl (C=O) groups is 1. The fourth-order valence-corrected chi connectivity index (χ4v) is 2.03. The highest BCUT2D eigenvalue weighted by Gasteiger charge is 2.29. The molecule has 0 spiro atoms. The Kier molecular flexibility index (Phi) is 5.19. The standard InChI is InChI=1S/C13H18N4OS/c1-9(2)13(3,8-14)17-12(18)7-19-11-4-5-16-6-10(11)15/h4-6,9H,7,15H2,1-3H3,(H,17,18). The van der Waals surface area contributed by atoms with E-state index in [1.165, 1.54) is 11.8 Å². The van der Waals surface area contributed by atoms with Gasteiger partial charge in [0.05, 0.1) is 23.7 Å². The van der Waals surface area contributed by atoms with Crippen molar-refractivity contribution in [1.29, 1.82) is 5.26 Å². The number of nitrogen functional groups attached to an aromatic ring is 1. The minimum absolute atomic E-state index is 0.0393. The van der Waals surface area contributed by atoms with Crippen molar-refractivity contribution >= 4 is 23.4 Å². The summed E-state index contributed by atoms with van der Waals surface area (Å²) < 4.78 is 0. The topological polar surface area (TPSA) is 91.8 Å². The second kappa shape index (κ2) is 6.43. The molecule has 3 N–H and O–H groups in total. The Morgan fingerprint density at radius 1 is 1.68 bits per heavy atom. The van der Waals surface area contributed by atoms with Gasteiger partial charge in [0.15, 0.2) is 0 Å². The van der Waals surface area contributed by atoms with E-state index in [9.17, 15) is 4.79 Å². The third-order valence-electron chi connectivity index (χ3n) is 2.95. The largest absolute Gasteiger partial charge is 0.397 e. The first-order valence-electron chi connectivity index (χ1n) is 5.93. The summed E-state index contributed by atoms with van der Waals surface area (Å²) in [6.45, 7) is 5.52. The molecule has 1 amide bonds. The van der Waals surface area contributed by atoms with Crippen LogP contribution in [0.1, 0.15) is 20.8 Å². The van der Waals surface area contributed by atoms with E-state index >= 15 is 0 Å². The van der Waals surface area contributed by atoms with E-state index in [2.05, 4.69) is 16.4 Å². The van der Waals surface area contributed by atoms with Gasteiger partial charge in [0, 0.05) is 11.1 Å². The van der Waals surface area contributed by atoms with E-state index in [1.807, 2.05) is 13.8 Å². The van der Waals surface area contributed by atoms with Gasteiger partial charge in [0.25, 0.3) is 0 Å². The maximum absolute atomic E-state index is 11.9. The number of anilines is 1. The van der Waals surface area contributed by atoms with Gasteiger partial charge in [-0.2, -0.15) is 5.26 Å². The molecule has 1 rings (SSSR count). The van der Waals surface area contributed by atoms with E-state index in [0.717, 1.165) is 4.90 Å². The monoisotopic (exact) mass is 278 g/mol. The number of hydrogen-bond acceptors (Lipinski definition) is 5. The van der Waals surface area contributed by atoms with Gasteiger partial charge >= 0.3 is 0 Å². The Balaban J connectivity index is 2.58. The van der Waals surface area contributed by atoms with E-state index < -0.39 is 5.54 Å². The second-order valence-electron chi connectivity index (χ2n) is 4.72. The van der Waals surface area contributed by atoms with Gasteiger partial charge in [-0.15, -0.1) is 11.8 Å². The zero-order valence-electron chi connectivity index (χ0n) is 11.3. The van der Waals surface area contributed by atoms with E-state index in [0.29, 0.717) is 5.69 Å². The highest BCUT2D eigenvalue weighted by atomic mass is 32.2. The predicted molar refractivity (Wildman–Crippen MR) is 76.4 cm³/mol. The molecular weight excluding hydrogens is 260 g/mol. The average Bonchev–Trinajstić information content (AvgIpc) is 2.37. The van der Waals surface area contributed by atoms with Crippen LogP contribution in [0.3, 0.4) is 0 Å². The number of pyridine rings is 1. The summed E-state index contributed by atoms with van der Waals surface area (Å²) in [4.78, 5) is 16.6. The number of thioether (sulfide) groups is 1. The molecule has 0 saturated heterocycles.